The van der Waals surface area contributed by atoms with E-state index < -0.39 is 18.2 Å². The molecule has 1 aliphatic carbocycles. The molecule has 0 heterocycles. The second-order valence-electron chi connectivity index (χ2n) is 9.24. The molecule has 1 saturated carbocycles. The minimum Gasteiger partial charge on any atom is -0.450 e. The molecule has 0 aliphatic heterocycles. The van der Waals surface area contributed by atoms with E-state index in [0.717, 1.165) is 32.6 Å². The number of benzene rings is 2. The van der Waals surface area contributed by atoms with Crippen molar-refractivity contribution in [2.45, 2.75) is 83.5 Å². The van der Waals surface area contributed by atoms with Crippen molar-refractivity contribution < 1.29 is 27.5 Å². The second-order valence-corrected chi connectivity index (χ2v) is 9.24. The standard InChI is InChI=1S/C21H29F3N2O3.C7H8/c1-3-5-17(6-4-13-29-20(25)28)26(18-11-12-18)19(27)16-9-7-15(8-10-16)14(2)21(22,23)24;1-7-5-3-2-4-6-7/h7-10,14,17-18H,3-6,11-13H2,1-2H3,(H2,25,28);2-6H,1H3/t14-,17?;/m1./s1. The van der Waals surface area contributed by atoms with Crippen molar-refractivity contribution in [2.24, 2.45) is 5.73 Å². The van der Waals surface area contributed by atoms with Gasteiger partial charge in [0.2, 0.25) is 0 Å². The Bertz CT molecular complexity index is 945. The van der Waals surface area contributed by atoms with Crippen molar-refractivity contribution in [3.63, 3.8) is 0 Å². The van der Waals surface area contributed by atoms with Crippen LogP contribution < -0.4 is 5.73 Å². The first-order valence-corrected chi connectivity index (χ1v) is 12.5. The third-order valence-electron chi connectivity index (χ3n) is 6.21. The van der Waals surface area contributed by atoms with Gasteiger partial charge in [-0.1, -0.05) is 61.4 Å². The zero-order chi connectivity index (χ0) is 26.7. The molecule has 198 valence electrons. The number of nitrogens with zero attached hydrogens (tertiary/aromatic N) is 1. The van der Waals surface area contributed by atoms with E-state index >= 15 is 0 Å². The van der Waals surface area contributed by atoms with Gasteiger partial charge in [-0.3, -0.25) is 4.79 Å². The maximum atomic E-state index is 13.2. The molecule has 36 heavy (non-hydrogen) atoms. The number of nitrogens with two attached hydrogens (primary N) is 1. The number of alkyl halides is 3. The summed E-state index contributed by atoms with van der Waals surface area (Å²) in [6.45, 7) is 5.43. The third-order valence-corrected chi connectivity index (χ3v) is 6.21. The monoisotopic (exact) mass is 506 g/mol. The molecule has 2 aromatic carbocycles. The first-order chi connectivity index (χ1) is 17.0. The smallest absolute Gasteiger partial charge is 0.404 e. The molecule has 2 N–H and O–H groups in total. The van der Waals surface area contributed by atoms with E-state index in [1.54, 1.807) is 0 Å². The van der Waals surface area contributed by atoms with Gasteiger partial charge in [-0.2, -0.15) is 13.2 Å². The van der Waals surface area contributed by atoms with E-state index in [9.17, 15) is 22.8 Å². The highest BCUT2D eigenvalue weighted by atomic mass is 19.4. The van der Waals surface area contributed by atoms with E-state index in [0.29, 0.717) is 18.4 Å². The van der Waals surface area contributed by atoms with Crippen LogP contribution in [0.1, 0.15) is 79.8 Å². The molecule has 0 aromatic heterocycles. The number of amides is 2. The average molecular weight is 507 g/mol. The number of hydrogen-bond acceptors (Lipinski definition) is 3. The van der Waals surface area contributed by atoms with Crippen LogP contribution in [-0.4, -0.2) is 41.8 Å². The molecule has 8 heteroatoms. The molecule has 3 rings (SSSR count). The lowest BCUT2D eigenvalue weighted by Crippen LogP contribution is -2.42. The molecule has 1 unspecified atom stereocenters. The average Bonchev–Trinajstić information content (AvgIpc) is 3.67. The summed E-state index contributed by atoms with van der Waals surface area (Å²) in [6, 6.07) is 16.1. The Labute approximate surface area is 211 Å². The van der Waals surface area contributed by atoms with Crippen LogP contribution in [0.4, 0.5) is 18.0 Å². The van der Waals surface area contributed by atoms with E-state index in [2.05, 4.69) is 19.1 Å². The predicted octanol–water partition coefficient (Wildman–Crippen LogP) is 7.00. The zero-order valence-electron chi connectivity index (χ0n) is 21.3. The molecule has 0 saturated heterocycles. The number of ether oxygens (including phenoxy) is 1. The maximum absolute atomic E-state index is 13.2. The fraction of sp³-hybridized carbons (Fsp3) is 0.500. The third kappa shape index (κ3) is 9.55. The van der Waals surface area contributed by atoms with Gasteiger partial charge in [0.15, 0.2) is 0 Å². The SMILES string of the molecule is CCCC(CCCOC(N)=O)N(C(=O)c1ccc([C@@H](C)C(F)(F)F)cc1)C1CC1.Cc1ccccc1. The number of carbonyl (C=O) groups is 2. The van der Waals surface area contributed by atoms with Crippen molar-refractivity contribution in [3.8, 4) is 0 Å². The van der Waals surface area contributed by atoms with E-state index in [4.69, 9.17) is 10.5 Å². The quantitative estimate of drug-likeness (QED) is 0.353. The predicted molar refractivity (Wildman–Crippen MR) is 135 cm³/mol. The molecule has 2 amide bonds. The lowest BCUT2D eigenvalue weighted by Gasteiger charge is -2.32. The van der Waals surface area contributed by atoms with Crippen LogP contribution in [-0.2, 0) is 4.74 Å². The summed E-state index contributed by atoms with van der Waals surface area (Å²) in [5.41, 5.74) is 6.83. The number of hydrogen-bond donors (Lipinski definition) is 1. The second kappa shape index (κ2) is 13.9. The van der Waals surface area contributed by atoms with E-state index in [1.165, 1.54) is 29.8 Å². The molecule has 0 bridgehead atoms. The van der Waals surface area contributed by atoms with Crippen molar-refractivity contribution in [1.29, 1.82) is 0 Å². The summed E-state index contributed by atoms with van der Waals surface area (Å²) in [6.07, 6.45) is -0.328. The fourth-order valence-electron chi connectivity index (χ4n) is 4.02. The fourth-order valence-corrected chi connectivity index (χ4v) is 4.02. The largest absolute Gasteiger partial charge is 0.450 e. The molecule has 0 radical (unpaired) electrons. The van der Waals surface area contributed by atoms with E-state index in [-0.39, 0.29) is 30.2 Å². The Morgan fingerprint density at radius 2 is 1.67 bits per heavy atom. The van der Waals surface area contributed by atoms with Gasteiger partial charge in [-0.25, -0.2) is 4.79 Å². The Hall–Kier alpha value is -3.03. The van der Waals surface area contributed by atoms with Gasteiger partial charge in [0.1, 0.15) is 0 Å². The van der Waals surface area contributed by atoms with E-state index in [1.807, 2.05) is 30.0 Å². The Kier molecular flexibility index (Phi) is 11.3. The molecule has 2 atom stereocenters. The van der Waals surface area contributed by atoms with Gasteiger partial charge in [0, 0.05) is 17.6 Å². The Balaban J connectivity index is 0.000000558. The van der Waals surface area contributed by atoms with Gasteiger partial charge in [0.05, 0.1) is 12.5 Å². The number of aryl methyl sites for hydroxylation is 1. The number of carbonyl (C=O) groups excluding carboxylic acids is 2. The minimum absolute atomic E-state index is 0.00903. The van der Waals surface area contributed by atoms with Gasteiger partial charge < -0.3 is 15.4 Å². The molecule has 5 nitrogen and oxygen atoms in total. The first kappa shape index (κ1) is 29.2. The number of rotatable bonds is 10. The Morgan fingerprint density at radius 3 is 2.11 bits per heavy atom. The van der Waals surface area contributed by atoms with Crippen molar-refractivity contribution in [2.75, 3.05) is 6.61 Å². The summed E-state index contributed by atoms with van der Waals surface area (Å²) in [5.74, 6) is -1.74. The molecule has 1 fully saturated rings. The van der Waals surface area contributed by atoms with Gasteiger partial charge in [-0.15, -0.1) is 0 Å². The summed E-state index contributed by atoms with van der Waals surface area (Å²) < 4.78 is 43.5. The summed E-state index contributed by atoms with van der Waals surface area (Å²) in [5, 5.41) is 0. The minimum atomic E-state index is -4.31. The highest BCUT2D eigenvalue weighted by Crippen LogP contribution is 2.35. The Morgan fingerprint density at radius 1 is 1.06 bits per heavy atom. The molecule has 0 spiro atoms. The van der Waals surface area contributed by atoms with Crippen LogP contribution >= 0.6 is 0 Å². The number of halogens is 3. The molecular formula is C28H37F3N2O3. The van der Waals surface area contributed by atoms with Crippen LogP contribution in [0.15, 0.2) is 54.6 Å². The van der Waals surface area contributed by atoms with Crippen LogP contribution in [0.3, 0.4) is 0 Å². The summed E-state index contributed by atoms with van der Waals surface area (Å²) in [7, 11) is 0. The normalized spacial score (nSPS) is 14.7. The highest BCUT2D eigenvalue weighted by Gasteiger charge is 2.38. The first-order valence-electron chi connectivity index (χ1n) is 12.5. The van der Waals surface area contributed by atoms with Gasteiger partial charge >= 0.3 is 12.3 Å². The van der Waals surface area contributed by atoms with Crippen LogP contribution in [0.2, 0.25) is 0 Å². The van der Waals surface area contributed by atoms with Crippen molar-refractivity contribution in [1.82, 2.24) is 4.90 Å². The lowest BCUT2D eigenvalue weighted by molar-refractivity contribution is -0.146. The van der Waals surface area contributed by atoms with Crippen LogP contribution in [0.25, 0.3) is 0 Å². The topological polar surface area (TPSA) is 72.6 Å². The van der Waals surface area contributed by atoms with Crippen LogP contribution in [0.5, 0.6) is 0 Å². The number of primary amides is 1. The molecule has 2 aromatic rings. The van der Waals surface area contributed by atoms with Crippen molar-refractivity contribution in [3.05, 3.63) is 71.3 Å². The maximum Gasteiger partial charge on any atom is 0.404 e. The molecular weight excluding hydrogens is 469 g/mol. The highest BCUT2D eigenvalue weighted by molar-refractivity contribution is 5.95. The summed E-state index contributed by atoms with van der Waals surface area (Å²) in [4.78, 5) is 25.7. The van der Waals surface area contributed by atoms with Crippen LogP contribution in [0, 0.1) is 6.92 Å². The van der Waals surface area contributed by atoms with Gasteiger partial charge in [-0.05, 0) is 63.6 Å². The van der Waals surface area contributed by atoms with Crippen molar-refractivity contribution >= 4 is 12.0 Å². The summed E-state index contributed by atoms with van der Waals surface area (Å²) >= 11 is 0. The lowest BCUT2D eigenvalue weighted by atomic mass is 9.98. The van der Waals surface area contributed by atoms with Gasteiger partial charge in [0.25, 0.3) is 5.91 Å². The zero-order valence-corrected chi connectivity index (χ0v) is 21.3. The molecule has 1 aliphatic rings.